The molecule has 2 aromatic heterocycles. The SMILES string of the molecule is CC(C)(C)OC(=O)N1CCC(N=Cc2cc(C(=O)Nc3cnc4cccnn34)c(OC3CC3)cc2N)CC1. The van der Waals surface area contributed by atoms with Crippen molar-refractivity contribution in [3.8, 4) is 5.75 Å². The molecule has 2 amide bonds. The highest BCUT2D eigenvalue weighted by Crippen LogP contribution is 2.32. The second-order valence-corrected chi connectivity index (χ2v) is 10.7. The van der Waals surface area contributed by atoms with E-state index < -0.39 is 5.60 Å². The molecule has 5 rings (SSSR count). The van der Waals surface area contributed by atoms with E-state index in [-0.39, 0.29) is 24.1 Å². The fraction of sp³-hybridized carbons (Fsp3) is 0.444. The third kappa shape index (κ3) is 6.04. The van der Waals surface area contributed by atoms with Gasteiger partial charge in [0.05, 0.1) is 23.9 Å². The summed E-state index contributed by atoms with van der Waals surface area (Å²) in [4.78, 5) is 36.4. The summed E-state index contributed by atoms with van der Waals surface area (Å²) in [5, 5.41) is 7.13. The number of ether oxygens (including phenoxy) is 2. The van der Waals surface area contributed by atoms with Crippen LogP contribution in [0.25, 0.3) is 5.65 Å². The molecule has 3 aromatic rings. The summed E-state index contributed by atoms with van der Waals surface area (Å²) in [6.45, 7) is 6.71. The lowest BCUT2D eigenvalue weighted by atomic mass is 10.0. The van der Waals surface area contributed by atoms with Gasteiger partial charge in [0.15, 0.2) is 11.5 Å². The van der Waals surface area contributed by atoms with Gasteiger partial charge >= 0.3 is 6.09 Å². The summed E-state index contributed by atoms with van der Waals surface area (Å²) in [7, 11) is 0. The van der Waals surface area contributed by atoms with Crippen LogP contribution in [0, 0.1) is 0 Å². The van der Waals surface area contributed by atoms with E-state index in [4.69, 9.17) is 20.2 Å². The van der Waals surface area contributed by atoms with Crippen LogP contribution in [0.4, 0.5) is 16.3 Å². The zero-order chi connectivity index (χ0) is 26.9. The lowest BCUT2D eigenvalue weighted by Crippen LogP contribution is -2.42. The predicted octanol–water partition coefficient (Wildman–Crippen LogP) is 3.92. The van der Waals surface area contributed by atoms with Crippen LogP contribution >= 0.6 is 0 Å². The number of piperidine rings is 1. The highest BCUT2D eigenvalue weighted by molar-refractivity contribution is 6.07. The van der Waals surface area contributed by atoms with E-state index in [0.717, 1.165) is 12.8 Å². The van der Waals surface area contributed by atoms with E-state index in [2.05, 4.69) is 15.4 Å². The number of nitrogens with zero attached hydrogens (tertiary/aromatic N) is 5. The molecule has 38 heavy (non-hydrogen) atoms. The molecule has 0 unspecified atom stereocenters. The lowest BCUT2D eigenvalue weighted by molar-refractivity contribution is 0.0207. The van der Waals surface area contributed by atoms with Gasteiger partial charge in [-0.15, -0.1) is 0 Å². The number of rotatable bonds is 6. The fourth-order valence-electron chi connectivity index (χ4n) is 4.17. The highest BCUT2D eigenvalue weighted by atomic mass is 16.6. The van der Waals surface area contributed by atoms with Crippen LogP contribution in [-0.2, 0) is 4.74 Å². The smallest absolute Gasteiger partial charge is 0.410 e. The van der Waals surface area contributed by atoms with Gasteiger partial charge in [0.2, 0.25) is 0 Å². The molecule has 2 aliphatic rings. The minimum absolute atomic E-state index is 0.0389. The number of nitrogen functional groups attached to an aromatic ring is 1. The van der Waals surface area contributed by atoms with Crippen LogP contribution in [-0.4, -0.2) is 68.5 Å². The molecular weight excluding hydrogens is 486 g/mol. The number of aromatic nitrogens is 3. The summed E-state index contributed by atoms with van der Waals surface area (Å²) in [5.41, 5.74) is 7.90. The Bertz CT molecular complexity index is 1370. The van der Waals surface area contributed by atoms with Crippen molar-refractivity contribution in [2.45, 2.75) is 64.2 Å². The number of benzene rings is 1. The molecule has 3 N–H and O–H groups in total. The van der Waals surface area contributed by atoms with Crippen LogP contribution in [0.15, 0.2) is 41.7 Å². The Morgan fingerprint density at radius 1 is 1.18 bits per heavy atom. The number of carbonyl (C=O) groups excluding carboxylic acids is 2. The predicted molar refractivity (Wildman–Crippen MR) is 144 cm³/mol. The van der Waals surface area contributed by atoms with E-state index >= 15 is 0 Å². The lowest BCUT2D eigenvalue weighted by Gasteiger charge is -2.32. The molecule has 0 radical (unpaired) electrons. The van der Waals surface area contributed by atoms with Gasteiger partial charge < -0.3 is 25.4 Å². The summed E-state index contributed by atoms with van der Waals surface area (Å²) in [6, 6.07) is 7.02. The number of hydrogen-bond donors (Lipinski definition) is 2. The molecule has 1 saturated heterocycles. The summed E-state index contributed by atoms with van der Waals surface area (Å²) in [6.07, 6.45) is 8.01. The Morgan fingerprint density at radius 3 is 2.66 bits per heavy atom. The average molecular weight is 520 g/mol. The third-order valence-electron chi connectivity index (χ3n) is 6.31. The first kappa shape index (κ1) is 25.5. The number of imidazole rings is 1. The first-order valence-electron chi connectivity index (χ1n) is 12.9. The Morgan fingerprint density at radius 2 is 1.95 bits per heavy atom. The number of nitrogens with one attached hydrogen (secondary N) is 1. The normalized spacial score (nSPS) is 16.7. The molecular formula is C27H33N7O4. The van der Waals surface area contributed by atoms with Crippen molar-refractivity contribution >= 4 is 35.4 Å². The monoisotopic (exact) mass is 519 g/mol. The molecule has 3 heterocycles. The Balaban J connectivity index is 1.31. The number of likely N-dealkylation sites (tertiary alicyclic amines) is 1. The van der Waals surface area contributed by atoms with Crippen molar-refractivity contribution in [3.63, 3.8) is 0 Å². The topological polar surface area (TPSA) is 136 Å². The average Bonchev–Trinajstić information content (AvgIpc) is 3.60. The minimum Gasteiger partial charge on any atom is -0.490 e. The van der Waals surface area contributed by atoms with Crippen molar-refractivity contribution in [2.24, 2.45) is 4.99 Å². The van der Waals surface area contributed by atoms with Gasteiger partial charge in [0.1, 0.15) is 11.4 Å². The fourth-order valence-corrected chi connectivity index (χ4v) is 4.17. The van der Waals surface area contributed by atoms with Crippen LogP contribution < -0.4 is 15.8 Å². The van der Waals surface area contributed by atoms with Gasteiger partial charge in [-0.3, -0.25) is 9.79 Å². The summed E-state index contributed by atoms with van der Waals surface area (Å²) >= 11 is 0. The van der Waals surface area contributed by atoms with Crippen molar-refractivity contribution < 1.29 is 19.1 Å². The van der Waals surface area contributed by atoms with Crippen LogP contribution in [0.1, 0.15) is 62.4 Å². The molecule has 0 bridgehead atoms. The maximum Gasteiger partial charge on any atom is 0.410 e. The number of fused-ring (bicyclic) bond motifs is 1. The van der Waals surface area contributed by atoms with E-state index in [0.29, 0.717) is 60.0 Å². The second kappa shape index (κ2) is 10.3. The zero-order valence-corrected chi connectivity index (χ0v) is 21.9. The molecule has 1 saturated carbocycles. The number of aliphatic imine (C=N–C) groups is 1. The molecule has 1 aromatic carbocycles. The number of carbonyl (C=O) groups is 2. The Labute approximate surface area is 221 Å². The molecule has 2 fully saturated rings. The maximum atomic E-state index is 13.4. The molecule has 200 valence electrons. The van der Waals surface area contributed by atoms with Crippen LogP contribution in [0.5, 0.6) is 5.75 Å². The highest BCUT2D eigenvalue weighted by Gasteiger charge is 2.28. The third-order valence-corrected chi connectivity index (χ3v) is 6.31. The number of hydrogen-bond acceptors (Lipinski definition) is 8. The van der Waals surface area contributed by atoms with Crippen molar-refractivity contribution in [2.75, 3.05) is 24.1 Å². The number of anilines is 2. The van der Waals surface area contributed by atoms with Crippen molar-refractivity contribution in [1.82, 2.24) is 19.5 Å². The number of nitrogens with two attached hydrogens (primary N) is 1. The van der Waals surface area contributed by atoms with Gasteiger partial charge in [-0.25, -0.2) is 9.78 Å². The van der Waals surface area contributed by atoms with Gasteiger partial charge in [-0.2, -0.15) is 9.61 Å². The second-order valence-electron chi connectivity index (χ2n) is 10.7. The molecule has 1 aliphatic heterocycles. The van der Waals surface area contributed by atoms with Gasteiger partial charge in [0.25, 0.3) is 5.91 Å². The molecule has 0 atom stereocenters. The maximum absolute atomic E-state index is 13.4. The Kier molecular flexibility index (Phi) is 6.92. The van der Waals surface area contributed by atoms with Crippen LogP contribution in [0.2, 0.25) is 0 Å². The first-order chi connectivity index (χ1) is 18.2. The van der Waals surface area contributed by atoms with Gasteiger partial charge in [-0.05, 0) is 64.7 Å². The van der Waals surface area contributed by atoms with Gasteiger partial charge in [-0.1, -0.05) is 0 Å². The van der Waals surface area contributed by atoms with Crippen LogP contribution in [0.3, 0.4) is 0 Å². The van der Waals surface area contributed by atoms with E-state index in [1.165, 1.54) is 0 Å². The van der Waals surface area contributed by atoms with E-state index in [9.17, 15) is 9.59 Å². The molecule has 0 spiro atoms. The molecule has 11 nitrogen and oxygen atoms in total. The van der Waals surface area contributed by atoms with E-state index in [1.807, 2.05) is 20.8 Å². The molecule has 1 aliphatic carbocycles. The Hall–Kier alpha value is -4.15. The van der Waals surface area contributed by atoms with Gasteiger partial charge in [0, 0.05) is 42.8 Å². The molecule has 11 heteroatoms. The van der Waals surface area contributed by atoms with Crippen molar-refractivity contribution in [1.29, 1.82) is 0 Å². The quantitative estimate of drug-likeness (QED) is 0.372. The minimum atomic E-state index is -0.523. The standard InChI is InChI=1S/C27H33N7O4/c1-27(2,3)38-26(36)33-11-8-18(9-12-33)29-15-17-13-20(22(14-21(17)28)37-19-6-7-19)25(35)32-24-16-30-23-5-4-10-31-34(23)24/h4-5,10,13-16,18-19H,6-9,11-12,28H2,1-3H3,(H,32,35). The summed E-state index contributed by atoms with van der Waals surface area (Å²) < 4.78 is 13.0. The largest absolute Gasteiger partial charge is 0.490 e. The number of amides is 2. The first-order valence-corrected chi connectivity index (χ1v) is 12.9. The van der Waals surface area contributed by atoms with E-state index in [1.54, 1.807) is 52.3 Å². The van der Waals surface area contributed by atoms with Crippen molar-refractivity contribution in [3.05, 3.63) is 47.8 Å². The summed E-state index contributed by atoms with van der Waals surface area (Å²) in [5.74, 6) is 0.535. The zero-order valence-electron chi connectivity index (χ0n) is 21.9.